The van der Waals surface area contributed by atoms with Gasteiger partial charge in [0.05, 0.1) is 11.8 Å². The van der Waals surface area contributed by atoms with E-state index in [-0.39, 0.29) is 11.4 Å². The van der Waals surface area contributed by atoms with E-state index < -0.39 is 46.8 Å². The van der Waals surface area contributed by atoms with Gasteiger partial charge >= 0.3 is 11.9 Å². The summed E-state index contributed by atoms with van der Waals surface area (Å²) in [5.41, 5.74) is -2.66. The number of benzene rings is 1. The van der Waals surface area contributed by atoms with Crippen LogP contribution in [0.25, 0.3) is 11.4 Å². The van der Waals surface area contributed by atoms with Crippen LogP contribution in [0.3, 0.4) is 0 Å². The molecule has 2 atom stereocenters. The number of ether oxygens (including phenoxy) is 3. The second kappa shape index (κ2) is 7.56. The highest BCUT2D eigenvalue weighted by Gasteiger charge is 2.80. The minimum atomic E-state index is -1.76. The lowest BCUT2D eigenvalue weighted by Gasteiger charge is -2.24. The number of esters is 1. The highest BCUT2D eigenvalue weighted by Crippen LogP contribution is 2.56. The molecule has 0 aliphatic carbocycles. The van der Waals surface area contributed by atoms with Gasteiger partial charge in [-0.1, -0.05) is 0 Å². The van der Waals surface area contributed by atoms with Crippen LogP contribution in [0.1, 0.15) is 26.3 Å². The maximum Gasteiger partial charge on any atom is 0.326 e. The summed E-state index contributed by atoms with van der Waals surface area (Å²) in [6.45, 7) is 4.64. The fourth-order valence-electron chi connectivity index (χ4n) is 3.76. The number of aromatic nitrogens is 2. The maximum absolute atomic E-state index is 13.6. The fourth-order valence-corrected chi connectivity index (χ4v) is 3.76. The van der Waals surface area contributed by atoms with E-state index >= 15 is 0 Å². The Balaban J connectivity index is 1.86. The Hall–Kier alpha value is -3.44. The number of hydrogen-bond acceptors (Lipinski definition) is 8. The number of hydrazone groups is 1. The Labute approximate surface area is 188 Å². The molecule has 2 aliphatic rings. The first-order valence-electron chi connectivity index (χ1n) is 10.1. The monoisotopic (exact) mass is 458 g/mol. The number of fused-ring (bicyclic) bond motifs is 1. The Bertz CT molecular complexity index is 1220. The van der Waals surface area contributed by atoms with Crippen LogP contribution in [0, 0.1) is 5.82 Å². The second-order valence-electron chi connectivity index (χ2n) is 8.71. The van der Waals surface area contributed by atoms with Crippen LogP contribution in [0.4, 0.5) is 4.39 Å². The van der Waals surface area contributed by atoms with Crippen molar-refractivity contribution in [2.75, 3.05) is 14.2 Å². The van der Waals surface area contributed by atoms with Crippen LogP contribution in [0.15, 0.2) is 40.4 Å². The topological polar surface area (TPSA) is 116 Å². The molecule has 11 heteroatoms. The predicted molar refractivity (Wildman–Crippen MR) is 114 cm³/mol. The quantitative estimate of drug-likeness (QED) is 0.491. The summed E-state index contributed by atoms with van der Waals surface area (Å²) in [6.07, 6.45) is 2.55. The molecule has 1 amide bonds. The molecule has 0 N–H and O–H groups in total. The molecular formula is C22H23FN4O6. The molecule has 4 rings (SSSR count). The number of likely N-dealkylation sites (N-methyl/N-ethyl adjacent to an activating group) is 1. The van der Waals surface area contributed by atoms with Gasteiger partial charge in [0.25, 0.3) is 11.3 Å². The number of rotatable bonds is 5. The minimum Gasteiger partial charge on any atom is -0.459 e. The van der Waals surface area contributed by atoms with Crippen molar-refractivity contribution < 1.29 is 28.2 Å². The third kappa shape index (κ3) is 3.62. The summed E-state index contributed by atoms with van der Waals surface area (Å²) in [6, 6.07) is 5.31. The number of methoxy groups -OCH3 is 1. The SMILES string of the molecule is COC12OC1(c1cnc(-c3ccc(F)cc3)n(CC(=O)OC(C)(C)C)c1=O)C=NN(C)C2=O. The number of epoxide rings is 1. The van der Waals surface area contributed by atoms with Crippen LogP contribution in [-0.2, 0) is 35.9 Å². The first kappa shape index (κ1) is 22.7. The number of halogens is 1. The number of hydrogen-bond donors (Lipinski definition) is 0. The lowest BCUT2D eigenvalue weighted by molar-refractivity contribution is -0.155. The van der Waals surface area contributed by atoms with Crippen molar-refractivity contribution in [2.45, 2.75) is 44.3 Å². The number of carbonyl (C=O) groups excluding carboxylic acids is 2. The molecule has 2 aliphatic heterocycles. The van der Waals surface area contributed by atoms with Gasteiger partial charge in [0, 0.05) is 25.9 Å². The smallest absolute Gasteiger partial charge is 0.326 e. The summed E-state index contributed by atoms with van der Waals surface area (Å²) in [5.74, 6) is -3.37. The highest BCUT2D eigenvalue weighted by molar-refractivity contribution is 5.99. The van der Waals surface area contributed by atoms with E-state index in [0.717, 1.165) is 9.58 Å². The minimum absolute atomic E-state index is 0.0380. The lowest BCUT2D eigenvalue weighted by Crippen LogP contribution is -2.48. The Morgan fingerprint density at radius 1 is 1.21 bits per heavy atom. The highest BCUT2D eigenvalue weighted by atomic mass is 19.1. The third-order valence-electron chi connectivity index (χ3n) is 5.28. The summed E-state index contributed by atoms with van der Waals surface area (Å²) >= 11 is 0. The molecule has 1 aromatic heterocycles. The van der Waals surface area contributed by atoms with Gasteiger partial charge in [0.15, 0.2) is 0 Å². The van der Waals surface area contributed by atoms with Crippen LogP contribution >= 0.6 is 0 Å². The van der Waals surface area contributed by atoms with Crippen LogP contribution in [-0.4, -0.2) is 58.2 Å². The van der Waals surface area contributed by atoms with Crippen molar-refractivity contribution in [3.8, 4) is 11.4 Å². The molecule has 174 valence electrons. The van der Waals surface area contributed by atoms with Gasteiger partial charge in [-0.25, -0.2) is 14.4 Å². The van der Waals surface area contributed by atoms with Crippen molar-refractivity contribution in [3.63, 3.8) is 0 Å². The van der Waals surface area contributed by atoms with E-state index in [1.165, 1.54) is 50.8 Å². The Kier molecular flexibility index (Phi) is 5.21. The zero-order valence-electron chi connectivity index (χ0n) is 18.8. The van der Waals surface area contributed by atoms with Gasteiger partial charge in [-0.05, 0) is 45.0 Å². The van der Waals surface area contributed by atoms with Crippen molar-refractivity contribution in [1.29, 1.82) is 0 Å². The summed E-state index contributed by atoms with van der Waals surface area (Å²) in [5, 5.41) is 5.04. The number of nitrogens with zero attached hydrogens (tertiary/aromatic N) is 4. The normalized spacial score (nSPS) is 23.9. The summed E-state index contributed by atoms with van der Waals surface area (Å²) in [7, 11) is 2.72. The molecule has 2 unspecified atom stereocenters. The molecule has 2 aromatic rings. The number of carbonyl (C=O) groups is 2. The van der Waals surface area contributed by atoms with Gasteiger partial charge in [-0.2, -0.15) is 5.10 Å². The van der Waals surface area contributed by atoms with E-state index in [2.05, 4.69) is 10.1 Å². The third-order valence-corrected chi connectivity index (χ3v) is 5.28. The van der Waals surface area contributed by atoms with Crippen molar-refractivity contribution >= 4 is 18.1 Å². The van der Waals surface area contributed by atoms with E-state index in [0.29, 0.717) is 5.56 Å². The number of amides is 1. The Morgan fingerprint density at radius 3 is 2.48 bits per heavy atom. The molecule has 1 fully saturated rings. The van der Waals surface area contributed by atoms with Crippen molar-refractivity contribution in [1.82, 2.24) is 14.6 Å². The van der Waals surface area contributed by atoms with Crippen LogP contribution < -0.4 is 5.56 Å². The van der Waals surface area contributed by atoms with Gasteiger partial charge in [0.1, 0.15) is 23.8 Å². The molecule has 1 aromatic carbocycles. The second-order valence-corrected chi connectivity index (χ2v) is 8.71. The maximum atomic E-state index is 13.6. The zero-order valence-corrected chi connectivity index (χ0v) is 18.8. The van der Waals surface area contributed by atoms with Gasteiger partial charge < -0.3 is 14.2 Å². The standard InChI is InChI=1S/C22H23FN4O6/c1-20(2,3)32-16(28)11-27-17(13-6-8-14(23)9-7-13)24-10-15(18(27)29)21-12-25-26(4)19(30)22(21,31-5)33-21/h6-10,12H,11H2,1-5H3. The average molecular weight is 458 g/mol. The molecule has 33 heavy (non-hydrogen) atoms. The van der Waals surface area contributed by atoms with Crippen molar-refractivity contribution in [3.05, 3.63) is 52.2 Å². The van der Waals surface area contributed by atoms with Crippen LogP contribution in [0.5, 0.6) is 0 Å². The average Bonchev–Trinajstić information content (AvgIpc) is 3.43. The van der Waals surface area contributed by atoms with Gasteiger partial charge in [0.2, 0.25) is 5.60 Å². The van der Waals surface area contributed by atoms with Crippen LogP contribution in [0.2, 0.25) is 0 Å². The van der Waals surface area contributed by atoms with E-state index in [9.17, 15) is 18.8 Å². The molecule has 0 radical (unpaired) electrons. The molecule has 0 saturated carbocycles. The first-order valence-corrected chi connectivity index (χ1v) is 10.1. The molecular weight excluding hydrogens is 435 g/mol. The van der Waals surface area contributed by atoms with Gasteiger partial charge in [-0.15, -0.1) is 0 Å². The Morgan fingerprint density at radius 2 is 1.88 bits per heavy atom. The summed E-state index contributed by atoms with van der Waals surface area (Å²) < 4.78 is 30.9. The molecule has 1 saturated heterocycles. The van der Waals surface area contributed by atoms with E-state index in [1.54, 1.807) is 20.8 Å². The molecule has 10 nitrogen and oxygen atoms in total. The van der Waals surface area contributed by atoms with Crippen molar-refractivity contribution in [2.24, 2.45) is 5.10 Å². The lowest BCUT2D eigenvalue weighted by atomic mass is 9.94. The fraction of sp³-hybridized carbons (Fsp3) is 0.409. The van der Waals surface area contributed by atoms with E-state index in [1.807, 2.05) is 0 Å². The zero-order chi connectivity index (χ0) is 24.2. The summed E-state index contributed by atoms with van der Waals surface area (Å²) in [4.78, 5) is 43.3. The predicted octanol–water partition coefficient (Wildman–Crippen LogP) is 1.42. The largest absolute Gasteiger partial charge is 0.459 e. The molecule has 0 bridgehead atoms. The molecule has 3 heterocycles. The first-order chi connectivity index (χ1) is 15.4. The van der Waals surface area contributed by atoms with E-state index in [4.69, 9.17) is 14.2 Å². The molecule has 0 spiro atoms. The van der Waals surface area contributed by atoms with Gasteiger partial charge in [-0.3, -0.25) is 19.0 Å².